The molecule has 3 saturated carbocycles. The van der Waals surface area contributed by atoms with Crippen molar-refractivity contribution in [3.8, 4) is 0 Å². The van der Waals surface area contributed by atoms with E-state index in [2.05, 4.69) is 10.6 Å². The first-order valence-corrected chi connectivity index (χ1v) is 19.9. The second kappa shape index (κ2) is 18.7. The maximum absolute atomic E-state index is 4.28. The Morgan fingerprint density at radius 3 is 1.02 bits per heavy atom. The lowest BCUT2D eigenvalue weighted by Gasteiger charge is -2.42. The van der Waals surface area contributed by atoms with Crippen LogP contribution in [0.4, 0.5) is 0 Å². The van der Waals surface area contributed by atoms with E-state index in [1.807, 2.05) is 0 Å². The van der Waals surface area contributed by atoms with Crippen molar-refractivity contribution in [3.05, 3.63) is 0 Å². The maximum Gasteiger partial charge on any atom is 0.0126 e. The summed E-state index contributed by atoms with van der Waals surface area (Å²) in [6.07, 6.45) is 43.6. The summed E-state index contributed by atoms with van der Waals surface area (Å²) in [6, 6.07) is 1.65. The molecule has 5 fully saturated rings. The summed E-state index contributed by atoms with van der Waals surface area (Å²) < 4.78 is 0. The van der Waals surface area contributed by atoms with Gasteiger partial charge in [-0.1, -0.05) is 135 Å². The molecule has 8 unspecified atom stereocenters. The van der Waals surface area contributed by atoms with Crippen molar-refractivity contribution >= 4 is 0 Å². The van der Waals surface area contributed by atoms with E-state index in [9.17, 15) is 0 Å². The minimum absolute atomic E-state index is 0.827. The first-order chi connectivity index (χ1) is 20.4. The second-order valence-corrected chi connectivity index (χ2v) is 15.9. The molecule has 2 saturated heterocycles. The molecule has 2 N–H and O–H groups in total. The van der Waals surface area contributed by atoms with Gasteiger partial charge in [-0.25, -0.2) is 0 Å². The van der Waals surface area contributed by atoms with Crippen molar-refractivity contribution in [2.75, 3.05) is 13.1 Å². The molecule has 5 aliphatic rings. The molecule has 0 bridgehead atoms. The summed E-state index contributed by atoms with van der Waals surface area (Å²) in [5.41, 5.74) is 0. The fourth-order valence-electron chi connectivity index (χ4n) is 10.9. The molecule has 0 aromatic carbocycles. The SMILES string of the molecule is C1CCCNC2C(CCC1)CCCCCC2C1CCCCC(C2CCCCCCCC3CCCCCNC32)CCC1. The lowest BCUT2D eigenvalue weighted by atomic mass is 9.69. The Bertz CT molecular complexity index is 676. The first-order valence-electron chi connectivity index (χ1n) is 19.9. The van der Waals surface area contributed by atoms with E-state index in [1.165, 1.54) is 186 Å². The summed E-state index contributed by atoms with van der Waals surface area (Å²) >= 11 is 0. The van der Waals surface area contributed by atoms with Gasteiger partial charge in [0.1, 0.15) is 0 Å². The van der Waals surface area contributed by atoms with Crippen LogP contribution in [0.1, 0.15) is 186 Å². The summed E-state index contributed by atoms with van der Waals surface area (Å²) in [5, 5.41) is 8.53. The Morgan fingerprint density at radius 1 is 0.244 bits per heavy atom. The molecule has 3 aliphatic carbocycles. The van der Waals surface area contributed by atoms with Gasteiger partial charge in [-0.3, -0.25) is 0 Å². The molecule has 2 heteroatoms. The zero-order chi connectivity index (χ0) is 28.0. The van der Waals surface area contributed by atoms with Gasteiger partial charge >= 0.3 is 0 Å². The molecule has 2 heterocycles. The summed E-state index contributed by atoms with van der Waals surface area (Å²) in [6.45, 7) is 2.59. The van der Waals surface area contributed by atoms with Crippen molar-refractivity contribution in [1.82, 2.24) is 10.6 Å². The lowest BCUT2D eigenvalue weighted by molar-refractivity contribution is 0.125. The molecular formula is C39H72N2. The molecule has 0 spiro atoms. The third kappa shape index (κ3) is 10.2. The van der Waals surface area contributed by atoms with Crippen molar-refractivity contribution in [3.63, 3.8) is 0 Å². The molecule has 0 amide bonds. The van der Waals surface area contributed by atoms with Gasteiger partial charge in [0.15, 0.2) is 0 Å². The summed E-state index contributed by atoms with van der Waals surface area (Å²) in [7, 11) is 0. The molecular weight excluding hydrogens is 496 g/mol. The number of fused-ring (bicyclic) bond motifs is 2. The van der Waals surface area contributed by atoms with Crippen LogP contribution in [0.25, 0.3) is 0 Å². The molecule has 0 aromatic heterocycles. The Kier molecular flexibility index (Phi) is 14.7. The quantitative estimate of drug-likeness (QED) is 0.346. The minimum Gasteiger partial charge on any atom is -0.313 e. The molecule has 0 aromatic rings. The minimum atomic E-state index is 0.827. The predicted octanol–water partition coefficient (Wildman–Crippen LogP) is 11.0. The first kappa shape index (κ1) is 32.3. The fourth-order valence-corrected chi connectivity index (χ4v) is 10.9. The highest BCUT2D eigenvalue weighted by molar-refractivity contribution is 4.92. The van der Waals surface area contributed by atoms with E-state index >= 15 is 0 Å². The van der Waals surface area contributed by atoms with Crippen LogP contribution in [-0.4, -0.2) is 25.2 Å². The van der Waals surface area contributed by atoms with Crippen LogP contribution in [0, 0.1) is 35.5 Å². The van der Waals surface area contributed by atoms with Gasteiger partial charge in [-0.2, -0.15) is 0 Å². The number of hydrogen-bond donors (Lipinski definition) is 2. The topological polar surface area (TPSA) is 24.1 Å². The molecule has 41 heavy (non-hydrogen) atoms. The molecule has 0 radical (unpaired) electrons. The van der Waals surface area contributed by atoms with E-state index in [4.69, 9.17) is 0 Å². The van der Waals surface area contributed by atoms with Gasteiger partial charge in [0.25, 0.3) is 0 Å². The molecule has 2 nitrogen and oxygen atoms in total. The Balaban J connectivity index is 1.26. The number of nitrogens with one attached hydrogen (secondary N) is 2. The van der Waals surface area contributed by atoms with Crippen LogP contribution in [0.15, 0.2) is 0 Å². The molecule has 5 rings (SSSR count). The van der Waals surface area contributed by atoms with Gasteiger partial charge < -0.3 is 10.6 Å². The summed E-state index contributed by atoms with van der Waals surface area (Å²) in [4.78, 5) is 0. The van der Waals surface area contributed by atoms with Gasteiger partial charge in [0.2, 0.25) is 0 Å². The van der Waals surface area contributed by atoms with Crippen LogP contribution >= 0.6 is 0 Å². The van der Waals surface area contributed by atoms with Gasteiger partial charge in [0, 0.05) is 12.1 Å². The van der Waals surface area contributed by atoms with Crippen molar-refractivity contribution in [1.29, 1.82) is 0 Å². The lowest BCUT2D eigenvalue weighted by Crippen LogP contribution is -2.46. The number of hydrogen-bond acceptors (Lipinski definition) is 2. The predicted molar refractivity (Wildman–Crippen MR) is 178 cm³/mol. The summed E-state index contributed by atoms with van der Waals surface area (Å²) in [5.74, 6) is 5.82. The zero-order valence-electron chi connectivity index (χ0n) is 27.5. The van der Waals surface area contributed by atoms with Gasteiger partial charge in [-0.05, 0) is 100.0 Å². The highest BCUT2D eigenvalue weighted by atomic mass is 14.9. The van der Waals surface area contributed by atoms with Crippen LogP contribution < -0.4 is 10.6 Å². The average molecular weight is 569 g/mol. The van der Waals surface area contributed by atoms with Crippen LogP contribution in [0.3, 0.4) is 0 Å². The van der Waals surface area contributed by atoms with Crippen LogP contribution in [0.2, 0.25) is 0 Å². The molecule has 8 atom stereocenters. The highest BCUT2D eigenvalue weighted by Crippen LogP contribution is 2.43. The Hall–Kier alpha value is -0.0800. The molecule has 238 valence electrons. The van der Waals surface area contributed by atoms with E-state index in [0.717, 1.165) is 47.6 Å². The van der Waals surface area contributed by atoms with Gasteiger partial charge in [-0.15, -0.1) is 0 Å². The van der Waals surface area contributed by atoms with E-state index in [1.54, 1.807) is 12.8 Å². The standard InChI is InChI=1S/C39H72N2/c1-3-9-22-35-25-12-8-18-31-41-39(35)36(28-13-5-1)32-20-15-16-21-33(27-19-26-32)37-29-14-7-11-24-34-23-10-4-2-6-17-30-40-38(34)37/h32-41H,1-31H2. The van der Waals surface area contributed by atoms with Gasteiger partial charge in [0.05, 0.1) is 0 Å². The Morgan fingerprint density at radius 2 is 0.537 bits per heavy atom. The highest BCUT2D eigenvalue weighted by Gasteiger charge is 2.37. The van der Waals surface area contributed by atoms with Crippen LogP contribution in [-0.2, 0) is 0 Å². The second-order valence-electron chi connectivity index (χ2n) is 15.9. The zero-order valence-corrected chi connectivity index (χ0v) is 27.5. The smallest absolute Gasteiger partial charge is 0.0126 e. The molecule has 2 aliphatic heterocycles. The van der Waals surface area contributed by atoms with E-state index in [-0.39, 0.29) is 0 Å². The van der Waals surface area contributed by atoms with Crippen molar-refractivity contribution < 1.29 is 0 Å². The third-order valence-electron chi connectivity index (χ3n) is 13.2. The number of rotatable bonds is 2. The Labute approximate surface area is 257 Å². The van der Waals surface area contributed by atoms with E-state index in [0.29, 0.717) is 0 Å². The fraction of sp³-hybridized carbons (Fsp3) is 1.00. The maximum atomic E-state index is 4.28. The monoisotopic (exact) mass is 569 g/mol. The third-order valence-corrected chi connectivity index (χ3v) is 13.2. The van der Waals surface area contributed by atoms with Crippen molar-refractivity contribution in [2.45, 2.75) is 198 Å². The normalized spacial score (nSPS) is 40.4. The average Bonchev–Trinajstić information content (AvgIpc) is 3.08. The van der Waals surface area contributed by atoms with E-state index < -0.39 is 0 Å². The largest absolute Gasteiger partial charge is 0.313 e. The van der Waals surface area contributed by atoms with Crippen molar-refractivity contribution in [2.24, 2.45) is 35.5 Å². The van der Waals surface area contributed by atoms with Crippen LogP contribution in [0.5, 0.6) is 0 Å².